The molecule has 2 aromatic heterocycles. The van der Waals surface area contributed by atoms with E-state index in [-0.39, 0.29) is 0 Å². The van der Waals surface area contributed by atoms with Crippen molar-refractivity contribution in [2.45, 2.75) is 20.8 Å². The van der Waals surface area contributed by atoms with Gasteiger partial charge in [-0.15, -0.1) is 11.3 Å². The molecule has 26 heavy (non-hydrogen) atoms. The number of benzene rings is 2. The standard InChI is InChI=1S/C21H18BrN3S/c1-12-4-7-16(14(3)8-12)17-10-26-21-19(17)20(23-11-24-21)25-15-6-5-13(2)18(22)9-15/h4-11H,1-3H3,(H,23,24,25). The van der Waals surface area contributed by atoms with Crippen molar-refractivity contribution in [3.63, 3.8) is 0 Å². The third-order valence-corrected chi connectivity index (χ3v) is 6.22. The third kappa shape index (κ3) is 3.13. The van der Waals surface area contributed by atoms with Crippen LogP contribution in [0.15, 0.2) is 52.6 Å². The summed E-state index contributed by atoms with van der Waals surface area (Å²) < 4.78 is 1.08. The minimum atomic E-state index is 0.835. The van der Waals surface area contributed by atoms with Crippen molar-refractivity contribution in [1.82, 2.24) is 9.97 Å². The molecule has 4 rings (SSSR count). The quantitative estimate of drug-likeness (QED) is 0.394. The lowest BCUT2D eigenvalue weighted by Crippen LogP contribution is -1.96. The van der Waals surface area contributed by atoms with Gasteiger partial charge in [0.15, 0.2) is 0 Å². The summed E-state index contributed by atoms with van der Waals surface area (Å²) in [5.74, 6) is 0.835. The van der Waals surface area contributed by atoms with Crippen LogP contribution in [0, 0.1) is 20.8 Å². The molecule has 0 bridgehead atoms. The Labute approximate surface area is 165 Å². The first-order valence-electron chi connectivity index (χ1n) is 8.36. The lowest BCUT2D eigenvalue weighted by Gasteiger charge is -2.11. The highest BCUT2D eigenvalue weighted by Crippen LogP contribution is 2.39. The zero-order chi connectivity index (χ0) is 18.3. The monoisotopic (exact) mass is 423 g/mol. The molecule has 0 unspecified atom stereocenters. The van der Waals surface area contributed by atoms with Gasteiger partial charge in [0.2, 0.25) is 0 Å². The van der Waals surface area contributed by atoms with Gasteiger partial charge in [0.25, 0.3) is 0 Å². The number of hydrogen-bond donors (Lipinski definition) is 1. The summed E-state index contributed by atoms with van der Waals surface area (Å²) in [6, 6.07) is 12.8. The number of fused-ring (bicyclic) bond motifs is 1. The zero-order valence-electron chi connectivity index (χ0n) is 14.8. The van der Waals surface area contributed by atoms with E-state index in [1.165, 1.54) is 27.8 Å². The van der Waals surface area contributed by atoms with Crippen molar-refractivity contribution in [3.05, 3.63) is 69.3 Å². The minimum absolute atomic E-state index is 0.835. The second kappa shape index (κ2) is 6.82. The second-order valence-corrected chi connectivity index (χ2v) is 8.17. The van der Waals surface area contributed by atoms with E-state index >= 15 is 0 Å². The van der Waals surface area contributed by atoms with Gasteiger partial charge < -0.3 is 5.32 Å². The van der Waals surface area contributed by atoms with Crippen LogP contribution < -0.4 is 5.32 Å². The predicted molar refractivity (Wildman–Crippen MR) is 114 cm³/mol. The van der Waals surface area contributed by atoms with Crippen LogP contribution in [0.2, 0.25) is 0 Å². The fourth-order valence-electron chi connectivity index (χ4n) is 3.09. The van der Waals surface area contributed by atoms with Gasteiger partial charge in [-0.1, -0.05) is 45.8 Å². The van der Waals surface area contributed by atoms with Gasteiger partial charge in [0.05, 0.1) is 5.39 Å². The van der Waals surface area contributed by atoms with E-state index in [1.807, 2.05) is 0 Å². The second-order valence-electron chi connectivity index (χ2n) is 6.46. The fraction of sp³-hybridized carbons (Fsp3) is 0.143. The Morgan fingerprint density at radius 2 is 1.77 bits per heavy atom. The van der Waals surface area contributed by atoms with E-state index in [9.17, 15) is 0 Å². The number of aromatic nitrogens is 2. The molecule has 1 N–H and O–H groups in total. The molecule has 2 heterocycles. The number of aryl methyl sites for hydroxylation is 3. The van der Waals surface area contributed by atoms with Crippen LogP contribution in [0.1, 0.15) is 16.7 Å². The van der Waals surface area contributed by atoms with Crippen molar-refractivity contribution in [1.29, 1.82) is 0 Å². The molecule has 0 aliphatic carbocycles. The Balaban J connectivity index is 1.85. The van der Waals surface area contributed by atoms with Gasteiger partial charge in [-0.3, -0.25) is 0 Å². The highest BCUT2D eigenvalue weighted by molar-refractivity contribution is 9.10. The Morgan fingerprint density at radius 1 is 0.923 bits per heavy atom. The van der Waals surface area contributed by atoms with Gasteiger partial charge in [0, 0.05) is 21.1 Å². The Kier molecular flexibility index (Phi) is 4.51. The highest BCUT2D eigenvalue weighted by Gasteiger charge is 2.15. The largest absolute Gasteiger partial charge is 0.340 e. The van der Waals surface area contributed by atoms with Crippen molar-refractivity contribution >= 4 is 49.0 Å². The SMILES string of the molecule is Cc1ccc(-c2csc3ncnc(Nc4ccc(C)c(Br)c4)c23)c(C)c1. The Morgan fingerprint density at radius 3 is 2.54 bits per heavy atom. The lowest BCUT2D eigenvalue weighted by atomic mass is 9.99. The van der Waals surface area contributed by atoms with Gasteiger partial charge in [-0.2, -0.15) is 0 Å². The average molecular weight is 424 g/mol. The molecule has 130 valence electrons. The summed E-state index contributed by atoms with van der Waals surface area (Å²) in [4.78, 5) is 9.99. The van der Waals surface area contributed by atoms with E-state index in [0.717, 1.165) is 26.2 Å². The van der Waals surface area contributed by atoms with Crippen LogP contribution in [0.5, 0.6) is 0 Å². The first-order valence-corrected chi connectivity index (χ1v) is 10.0. The molecule has 0 saturated heterocycles. The smallest absolute Gasteiger partial charge is 0.143 e. The molecule has 0 fully saturated rings. The Hall–Kier alpha value is -2.24. The number of nitrogens with zero attached hydrogens (tertiary/aromatic N) is 2. The van der Waals surface area contributed by atoms with Gasteiger partial charge in [-0.25, -0.2) is 9.97 Å². The number of anilines is 2. The number of nitrogens with one attached hydrogen (secondary N) is 1. The van der Waals surface area contributed by atoms with Crippen LogP contribution >= 0.6 is 27.3 Å². The number of halogens is 1. The van der Waals surface area contributed by atoms with E-state index in [0.29, 0.717) is 0 Å². The summed E-state index contributed by atoms with van der Waals surface area (Å²) in [6.07, 6.45) is 1.62. The van der Waals surface area contributed by atoms with Crippen LogP contribution in [0.3, 0.4) is 0 Å². The molecule has 4 aromatic rings. The van der Waals surface area contributed by atoms with Crippen LogP contribution in [-0.2, 0) is 0 Å². The topological polar surface area (TPSA) is 37.8 Å². The van der Waals surface area contributed by atoms with E-state index in [1.54, 1.807) is 17.7 Å². The molecule has 0 spiro atoms. The maximum atomic E-state index is 4.53. The third-order valence-electron chi connectivity index (χ3n) is 4.48. The summed E-state index contributed by atoms with van der Waals surface area (Å²) in [6.45, 7) is 6.35. The van der Waals surface area contributed by atoms with E-state index < -0.39 is 0 Å². The van der Waals surface area contributed by atoms with Crippen molar-refractivity contribution < 1.29 is 0 Å². The molecule has 0 saturated carbocycles. The fourth-order valence-corrected chi connectivity index (χ4v) is 4.38. The molecule has 2 aromatic carbocycles. The maximum absolute atomic E-state index is 4.53. The van der Waals surface area contributed by atoms with Crippen molar-refractivity contribution in [2.75, 3.05) is 5.32 Å². The summed E-state index contributed by atoms with van der Waals surface area (Å²) in [5, 5.41) is 6.71. The average Bonchev–Trinajstić information content (AvgIpc) is 3.03. The number of rotatable bonds is 3. The first kappa shape index (κ1) is 17.2. The lowest BCUT2D eigenvalue weighted by molar-refractivity contribution is 1.23. The van der Waals surface area contributed by atoms with E-state index in [2.05, 4.69) is 93.8 Å². The first-order chi connectivity index (χ1) is 12.5. The van der Waals surface area contributed by atoms with Gasteiger partial charge in [0.1, 0.15) is 17.0 Å². The van der Waals surface area contributed by atoms with Crippen LogP contribution in [-0.4, -0.2) is 9.97 Å². The van der Waals surface area contributed by atoms with Crippen LogP contribution in [0.25, 0.3) is 21.3 Å². The van der Waals surface area contributed by atoms with Gasteiger partial charge >= 0.3 is 0 Å². The van der Waals surface area contributed by atoms with Crippen LogP contribution in [0.4, 0.5) is 11.5 Å². The van der Waals surface area contributed by atoms with Crippen molar-refractivity contribution in [2.24, 2.45) is 0 Å². The number of thiophene rings is 1. The molecule has 0 amide bonds. The van der Waals surface area contributed by atoms with Crippen molar-refractivity contribution in [3.8, 4) is 11.1 Å². The van der Waals surface area contributed by atoms with E-state index in [4.69, 9.17) is 0 Å². The summed E-state index contributed by atoms with van der Waals surface area (Å²) >= 11 is 5.25. The number of hydrogen-bond acceptors (Lipinski definition) is 4. The maximum Gasteiger partial charge on any atom is 0.143 e. The molecule has 3 nitrogen and oxygen atoms in total. The highest BCUT2D eigenvalue weighted by atomic mass is 79.9. The molecule has 0 radical (unpaired) electrons. The zero-order valence-corrected chi connectivity index (χ0v) is 17.2. The molecule has 5 heteroatoms. The summed E-state index contributed by atoms with van der Waals surface area (Å²) in [5.41, 5.74) is 7.14. The summed E-state index contributed by atoms with van der Waals surface area (Å²) in [7, 11) is 0. The molecule has 0 aliphatic rings. The van der Waals surface area contributed by atoms with Gasteiger partial charge in [-0.05, 0) is 49.6 Å². The molecule has 0 aliphatic heterocycles. The molecular weight excluding hydrogens is 406 g/mol. The normalized spacial score (nSPS) is 11.1. The predicted octanol–water partition coefficient (Wildman–Crippen LogP) is 6.79. The molecule has 0 atom stereocenters. The molecular formula is C21H18BrN3S. The Bertz CT molecular complexity index is 1120. The minimum Gasteiger partial charge on any atom is -0.340 e.